The molecule has 1 aromatic carbocycles. The number of hydrogen-bond acceptors (Lipinski definition) is 4. The average molecular weight is 378 g/mol. The number of hydrogen-bond donors (Lipinski definition) is 2. The Morgan fingerprint density at radius 1 is 1.15 bits per heavy atom. The monoisotopic (exact) mass is 378 g/mol. The summed E-state index contributed by atoms with van der Waals surface area (Å²) in [6.45, 7) is 7.79. The summed E-state index contributed by atoms with van der Waals surface area (Å²) < 4.78 is 32.9. The molecule has 1 unspecified atom stereocenters. The zero-order valence-corrected chi connectivity index (χ0v) is 16.1. The standard InChI is InChI=1S/C20H24F2N2O3/c1-12-10-13(6-7-14(12)21)16-9-8-15(22)17(24-16)20(5,26)11-23-18(25)27-19(2,3)4/h6-10,26H,11H2,1-5H3,(H,23,25). The van der Waals surface area contributed by atoms with E-state index in [-0.39, 0.29) is 18.1 Å². The van der Waals surface area contributed by atoms with Crippen LogP contribution in [0.2, 0.25) is 0 Å². The lowest BCUT2D eigenvalue weighted by molar-refractivity contribution is 0.0279. The van der Waals surface area contributed by atoms with Crippen LogP contribution in [0.1, 0.15) is 39.0 Å². The molecule has 0 saturated carbocycles. The summed E-state index contributed by atoms with van der Waals surface area (Å²) in [6.07, 6.45) is -0.728. The van der Waals surface area contributed by atoms with Gasteiger partial charge in [-0.25, -0.2) is 18.6 Å². The number of halogens is 2. The van der Waals surface area contributed by atoms with Crippen LogP contribution >= 0.6 is 0 Å². The van der Waals surface area contributed by atoms with Gasteiger partial charge in [-0.3, -0.25) is 0 Å². The zero-order chi connectivity index (χ0) is 20.4. The first-order valence-corrected chi connectivity index (χ1v) is 8.52. The highest BCUT2D eigenvalue weighted by Gasteiger charge is 2.30. The molecule has 0 spiro atoms. The first-order chi connectivity index (χ1) is 12.4. The maximum atomic E-state index is 14.3. The van der Waals surface area contributed by atoms with E-state index in [0.717, 1.165) is 0 Å². The molecule has 1 atom stereocenters. The van der Waals surface area contributed by atoms with Crippen LogP contribution in [0, 0.1) is 18.6 Å². The van der Waals surface area contributed by atoms with Crippen molar-refractivity contribution in [2.45, 2.75) is 45.8 Å². The van der Waals surface area contributed by atoms with Crippen LogP contribution in [0.15, 0.2) is 30.3 Å². The second-order valence-electron chi connectivity index (χ2n) is 7.62. The van der Waals surface area contributed by atoms with E-state index >= 15 is 0 Å². The fraction of sp³-hybridized carbons (Fsp3) is 0.400. The van der Waals surface area contributed by atoms with Crippen molar-refractivity contribution in [1.82, 2.24) is 10.3 Å². The second kappa shape index (κ2) is 7.60. The van der Waals surface area contributed by atoms with Crippen LogP contribution in [-0.4, -0.2) is 28.3 Å². The lowest BCUT2D eigenvalue weighted by atomic mass is 9.99. The topological polar surface area (TPSA) is 71.5 Å². The van der Waals surface area contributed by atoms with E-state index in [2.05, 4.69) is 10.3 Å². The van der Waals surface area contributed by atoms with Crippen LogP contribution in [0.5, 0.6) is 0 Å². The third kappa shape index (κ3) is 5.47. The van der Waals surface area contributed by atoms with Crippen molar-refractivity contribution in [2.24, 2.45) is 0 Å². The molecular weight excluding hydrogens is 354 g/mol. The van der Waals surface area contributed by atoms with E-state index in [0.29, 0.717) is 16.8 Å². The SMILES string of the molecule is Cc1cc(-c2ccc(F)c(C(C)(O)CNC(=O)OC(C)(C)C)n2)ccc1F. The Morgan fingerprint density at radius 2 is 1.78 bits per heavy atom. The number of rotatable bonds is 4. The Morgan fingerprint density at radius 3 is 2.37 bits per heavy atom. The molecule has 1 heterocycles. The Kier molecular flexibility index (Phi) is 5.85. The highest BCUT2D eigenvalue weighted by Crippen LogP contribution is 2.26. The summed E-state index contributed by atoms with van der Waals surface area (Å²) >= 11 is 0. The maximum absolute atomic E-state index is 14.3. The summed E-state index contributed by atoms with van der Waals surface area (Å²) in [5.41, 5.74) is -1.29. The van der Waals surface area contributed by atoms with Crippen LogP contribution in [-0.2, 0) is 10.3 Å². The predicted molar refractivity (Wildman–Crippen MR) is 98.1 cm³/mol. The van der Waals surface area contributed by atoms with Crippen LogP contribution < -0.4 is 5.32 Å². The predicted octanol–water partition coefficient (Wildman–Crippen LogP) is 4.07. The number of aromatic nitrogens is 1. The smallest absolute Gasteiger partial charge is 0.407 e. The molecule has 146 valence electrons. The van der Waals surface area contributed by atoms with Crippen LogP contribution in [0.3, 0.4) is 0 Å². The summed E-state index contributed by atoms with van der Waals surface area (Å²) in [5.74, 6) is -1.07. The van der Waals surface area contributed by atoms with Gasteiger partial charge in [0.05, 0.1) is 12.2 Å². The number of alkyl carbamates (subject to hydrolysis) is 1. The fourth-order valence-corrected chi connectivity index (χ4v) is 2.43. The number of carbonyl (C=O) groups excluding carboxylic acids is 1. The normalized spacial score (nSPS) is 13.8. The minimum Gasteiger partial charge on any atom is -0.444 e. The number of pyridine rings is 1. The highest BCUT2D eigenvalue weighted by molar-refractivity contribution is 5.67. The van der Waals surface area contributed by atoms with Gasteiger partial charge >= 0.3 is 6.09 Å². The van der Waals surface area contributed by atoms with Crippen LogP contribution in [0.25, 0.3) is 11.3 Å². The lowest BCUT2D eigenvalue weighted by Gasteiger charge is -2.26. The Labute approximate surface area is 157 Å². The van der Waals surface area contributed by atoms with Crippen molar-refractivity contribution in [1.29, 1.82) is 0 Å². The molecule has 0 saturated heterocycles. The molecule has 2 rings (SSSR count). The summed E-state index contributed by atoms with van der Waals surface area (Å²) in [5, 5.41) is 13.1. The van der Waals surface area contributed by atoms with E-state index < -0.39 is 23.1 Å². The molecule has 0 aliphatic rings. The molecule has 0 aliphatic carbocycles. The molecule has 0 aliphatic heterocycles. The van der Waals surface area contributed by atoms with E-state index in [1.54, 1.807) is 33.8 Å². The van der Waals surface area contributed by atoms with E-state index in [1.807, 2.05) is 0 Å². The van der Waals surface area contributed by atoms with Gasteiger partial charge in [-0.05, 0) is 70.5 Å². The Bertz CT molecular complexity index is 846. The largest absolute Gasteiger partial charge is 0.444 e. The zero-order valence-electron chi connectivity index (χ0n) is 16.1. The second-order valence-corrected chi connectivity index (χ2v) is 7.62. The maximum Gasteiger partial charge on any atom is 0.407 e. The molecule has 0 radical (unpaired) electrons. The van der Waals surface area contributed by atoms with Gasteiger partial charge in [0.25, 0.3) is 0 Å². The van der Waals surface area contributed by atoms with Crippen molar-refractivity contribution < 1.29 is 23.4 Å². The molecular formula is C20H24F2N2O3. The van der Waals surface area contributed by atoms with Crippen molar-refractivity contribution in [3.8, 4) is 11.3 Å². The van der Waals surface area contributed by atoms with E-state index in [9.17, 15) is 18.7 Å². The molecule has 0 fully saturated rings. The number of nitrogens with zero attached hydrogens (tertiary/aromatic N) is 1. The van der Waals surface area contributed by atoms with Gasteiger partial charge in [0.1, 0.15) is 28.5 Å². The molecule has 2 aromatic rings. The van der Waals surface area contributed by atoms with Gasteiger partial charge in [-0.2, -0.15) is 0 Å². The number of nitrogens with one attached hydrogen (secondary N) is 1. The minimum absolute atomic E-state index is 0.224. The van der Waals surface area contributed by atoms with Gasteiger partial charge in [0.15, 0.2) is 0 Å². The highest BCUT2D eigenvalue weighted by atomic mass is 19.1. The molecule has 2 N–H and O–H groups in total. The Balaban J connectivity index is 2.25. The quantitative estimate of drug-likeness (QED) is 0.841. The molecule has 1 aromatic heterocycles. The number of benzene rings is 1. The molecule has 0 bridgehead atoms. The van der Waals surface area contributed by atoms with Gasteiger partial charge in [-0.1, -0.05) is 0 Å². The average Bonchev–Trinajstić information content (AvgIpc) is 2.54. The number of amides is 1. The van der Waals surface area contributed by atoms with Crippen molar-refractivity contribution in [3.63, 3.8) is 0 Å². The first kappa shape index (κ1) is 20.8. The van der Waals surface area contributed by atoms with Gasteiger partial charge in [0, 0.05) is 5.56 Å². The van der Waals surface area contributed by atoms with Crippen molar-refractivity contribution >= 4 is 6.09 Å². The molecule has 7 heteroatoms. The summed E-state index contributed by atoms with van der Waals surface area (Å²) in [4.78, 5) is 16.0. The van der Waals surface area contributed by atoms with Gasteiger partial charge < -0.3 is 15.2 Å². The molecule has 27 heavy (non-hydrogen) atoms. The fourth-order valence-electron chi connectivity index (χ4n) is 2.43. The van der Waals surface area contributed by atoms with Gasteiger partial charge in [-0.15, -0.1) is 0 Å². The van der Waals surface area contributed by atoms with Crippen LogP contribution in [0.4, 0.5) is 13.6 Å². The van der Waals surface area contributed by atoms with E-state index in [4.69, 9.17) is 4.74 Å². The summed E-state index contributed by atoms with van der Waals surface area (Å²) in [6, 6.07) is 7.05. The molecule has 5 nitrogen and oxygen atoms in total. The third-order valence-electron chi connectivity index (χ3n) is 3.79. The lowest BCUT2D eigenvalue weighted by Crippen LogP contribution is -2.42. The third-order valence-corrected chi connectivity index (χ3v) is 3.79. The number of ether oxygens (including phenoxy) is 1. The molecule has 1 amide bonds. The number of carbonyl (C=O) groups is 1. The summed E-state index contributed by atoms with van der Waals surface area (Å²) in [7, 11) is 0. The van der Waals surface area contributed by atoms with E-state index in [1.165, 1.54) is 31.2 Å². The Hall–Kier alpha value is -2.54. The van der Waals surface area contributed by atoms with Gasteiger partial charge in [0.2, 0.25) is 0 Å². The number of aliphatic hydroxyl groups is 1. The minimum atomic E-state index is -1.77. The first-order valence-electron chi connectivity index (χ1n) is 8.52. The van der Waals surface area contributed by atoms with Crippen molar-refractivity contribution in [2.75, 3.05) is 6.54 Å². The number of aryl methyl sites for hydroxylation is 1. The van der Waals surface area contributed by atoms with Crippen molar-refractivity contribution in [3.05, 3.63) is 53.2 Å².